The van der Waals surface area contributed by atoms with Gasteiger partial charge in [0.05, 0.1) is 12.5 Å². The summed E-state index contributed by atoms with van der Waals surface area (Å²) < 4.78 is 0. The summed E-state index contributed by atoms with van der Waals surface area (Å²) in [5.41, 5.74) is 0. The molecule has 1 unspecified atom stereocenters. The topological polar surface area (TPSA) is 59.4 Å². The van der Waals surface area contributed by atoms with Crippen LogP contribution in [0.4, 0.5) is 0 Å². The average molecular weight is 210 g/mol. The minimum absolute atomic E-state index is 0.0599. The quantitative estimate of drug-likeness (QED) is 0.664. The zero-order valence-corrected chi connectivity index (χ0v) is 9.36. The third-order valence-corrected chi connectivity index (χ3v) is 2.49. The third kappa shape index (κ3) is 3.50. The lowest BCUT2D eigenvalue weighted by molar-refractivity contribution is -0.135. The Hall–Kier alpha value is -1.12. The monoisotopic (exact) mass is 210 g/mol. The molecule has 1 fully saturated rings. The van der Waals surface area contributed by atoms with Crippen molar-refractivity contribution in [3.8, 4) is 6.07 Å². The predicted molar refractivity (Wildman–Crippen MR) is 57.2 cm³/mol. The fraction of sp³-hybridized carbons (Fsp3) is 0.800. The molecule has 1 aliphatic rings. The van der Waals surface area contributed by atoms with Gasteiger partial charge < -0.3 is 15.1 Å². The van der Waals surface area contributed by atoms with E-state index in [1.54, 1.807) is 0 Å². The minimum Gasteiger partial charge on any atom is -0.339 e. The van der Waals surface area contributed by atoms with Gasteiger partial charge in [0.2, 0.25) is 5.91 Å². The van der Waals surface area contributed by atoms with Crippen LogP contribution in [-0.2, 0) is 4.79 Å². The summed E-state index contributed by atoms with van der Waals surface area (Å²) >= 11 is 0. The van der Waals surface area contributed by atoms with E-state index >= 15 is 0 Å². The Morgan fingerprint density at radius 2 is 2.40 bits per heavy atom. The van der Waals surface area contributed by atoms with Gasteiger partial charge in [-0.15, -0.1) is 0 Å². The molecule has 1 N–H and O–H groups in total. The van der Waals surface area contributed by atoms with E-state index in [1.807, 2.05) is 25.1 Å². The molecule has 0 aromatic carbocycles. The largest absolute Gasteiger partial charge is 0.339 e. The number of rotatable bonds is 4. The minimum atomic E-state index is -0.300. The Bertz CT molecular complexity index is 259. The maximum absolute atomic E-state index is 11.8. The van der Waals surface area contributed by atoms with Crippen LogP contribution in [0.1, 0.15) is 6.42 Å². The van der Waals surface area contributed by atoms with Gasteiger partial charge in [-0.25, -0.2) is 0 Å². The number of amides is 1. The number of nitriles is 1. The SMILES string of the molecule is CN(C)CCN1CCNC(CC#N)C1=O. The molecule has 5 nitrogen and oxygen atoms in total. The highest BCUT2D eigenvalue weighted by atomic mass is 16.2. The molecule has 1 aliphatic heterocycles. The molecule has 0 saturated carbocycles. The molecule has 0 spiro atoms. The molecular weight excluding hydrogens is 192 g/mol. The molecule has 1 amide bonds. The highest BCUT2D eigenvalue weighted by Gasteiger charge is 2.27. The van der Waals surface area contributed by atoms with Crippen molar-refractivity contribution in [1.29, 1.82) is 5.26 Å². The van der Waals surface area contributed by atoms with Crippen LogP contribution in [-0.4, -0.2) is 62.0 Å². The van der Waals surface area contributed by atoms with Crippen molar-refractivity contribution in [3.63, 3.8) is 0 Å². The predicted octanol–water partition coefficient (Wildman–Crippen LogP) is -0.738. The maximum atomic E-state index is 11.8. The van der Waals surface area contributed by atoms with Crippen LogP contribution in [0.5, 0.6) is 0 Å². The Balaban J connectivity index is 2.44. The number of nitrogens with one attached hydrogen (secondary N) is 1. The number of hydrogen-bond acceptors (Lipinski definition) is 4. The zero-order valence-electron chi connectivity index (χ0n) is 9.36. The van der Waals surface area contributed by atoms with Gasteiger partial charge in [0.25, 0.3) is 0 Å². The van der Waals surface area contributed by atoms with Crippen molar-refractivity contribution < 1.29 is 4.79 Å². The van der Waals surface area contributed by atoms with Crippen molar-refractivity contribution in [3.05, 3.63) is 0 Å². The Kier molecular flexibility index (Phi) is 4.53. The highest BCUT2D eigenvalue weighted by molar-refractivity contribution is 5.82. The van der Waals surface area contributed by atoms with E-state index in [1.165, 1.54) is 0 Å². The number of nitrogens with zero attached hydrogens (tertiary/aromatic N) is 3. The normalized spacial score (nSPS) is 21.9. The lowest BCUT2D eigenvalue weighted by Gasteiger charge is -2.32. The van der Waals surface area contributed by atoms with Gasteiger partial charge in [-0.05, 0) is 14.1 Å². The highest BCUT2D eigenvalue weighted by Crippen LogP contribution is 2.04. The molecule has 15 heavy (non-hydrogen) atoms. The van der Waals surface area contributed by atoms with E-state index in [9.17, 15) is 4.79 Å². The lowest BCUT2D eigenvalue weighted by atomic mass is 10.1. The fourth-order valence-electron chi connectivity index (χ4n) is 1.59. The Morgan fingerprint density at radius 3 is 3.00 bits per heavy atom. The molecule has 1 heterocycles. The Labute approximate surface area is 90.6 Å². The zero-order chi connectivity index (χ0) is 11.3. The van der Waals surface area contributed by atoms with Crippen LogP contribution in [0.25, 0.3) is 0 Å². The van der Waals surface area contributed by atoms with Gasteiger partial charge in [-0.2, -0.15) is 5.26 Å². The van der Waals surface area contributed by atoms with Crippen molar-refractivity contribution in [2.75, 3.05) is 40.3 Å². The third-order valence-electron chi connectivity index (χ3n) is 2.49. The van der Waals surface area contributed by atoms with Crippen molar-refractivity contribution in [2.45, 2.75) is 12.5 Å². The van der Waals surface area contributed by atoms with Crippen LogP contribution in [0.2, 0.25) is 0 Å². The summed E-state index contributed by atoms with van der Waals surface area (Å²) in [7, 11) is 3.97. The van der Waals surface area contributed by atoms with Gasteiger partial charge in [0, 0.05) is 26.2 Å². The molecular formula is C10H18N4O. The van der Waals surface area contributed by atoms with Gasteiger partial charge >= 0.3 is 0 Å². The molecule has 0 radical (unpaired) electrons. The van der Waals surface area contributed by atoms with Crippen LogP contribution in [0.15, 0.2) is 0 Å². The molecule has 5 heteroatoms. The number of carbonyl (C=O) groups is 1. The van der Waals surface area contributed by atoms with E-state index in [0.29, 0.717) is 0 Å². The van der Waals surface area contributed by atoms with Crippen LogP contribution < -0.4 is 5.32 Å². The smallest absolute Gasteiger partial charge is 0.240 e. The van der Waals surface area contributed by atoms with Crippen LogP contribution in [0.3, 0.4) is 0 Å². The molecule has 0 aromatic heterocycles. The summed E-state index contributed by atoms with van der Waals surface area (Å²) in [6.45, 7) is 3.14. The average Bonchev–Trinajstić information content (AvgIpc) is 2.19. The summed E-state index contributed by atoms with van der Waals surface area (Å²) in [6, 6.07) is 1.73. The van der Waals surface area contributed by atoms with E-state index in [2.05, 4.69) is 10.2 Å². The van der Waals surface area contributed by atoms with Gasteiger partial charge in [0.1, 0.15) is 6.04 Å². The van der Waals surface area contributed by atoms with Crippen molar-refractivity contribution >= 4 is 5.91 Å². The molecule has 84 valence electrons. The summed E-state index contributed by atoms with van der Waals surface area (Å²) in [6.07, 6.45) is 0.261. The first-order valence-corrected chi connectivity index (χ1v) is 5.19. The van der Waals surface area contributed by atoms with Gasteiger partial charge in [0.15, 0.2) is 0 Å². The molecule has 1 saturated heterocycles. The van der Waals surface area contributed by atoms with Gasteiger partial charge in [-0.3, -0.25) is 4.79 Å². The summed E-state index contributed by atoms with van der Waals surface area (Å²) in [5.74, 6) is 0.0599. The Morgan fingerprint density at radius 1 is 1.67 bits per heavy atom. The molecule has 1 rings (SSSR count). The summed E-state index contributed by atoms with van der Waals surface area (Å²) in [5, 5.41) is 11.6. The number of likely N-dealkylation sites (N-methyl/N-ethyl adjacent to an activating group) is 1. The number of hydrogen-bond donors (Lipinski definition) is 1. The molecule has 0 aliphatic carbocycles. The van der Waals surface area contributed by atoms with Crippen molar-refractivity contribution in [1.82, 2.24) is 15.1 Å². The lowest BCUT2D eigenvalue weighted by Crippen LogP contribution is -2.55. The van der Waals surface area contributed by atoms with Gasteiger partial charge in [-0.1, -0.05) is 0 Å². The fourth-order valence-corrected chi connectivity index (χ4v) is 1.59. The van der Waals surface area contributed by atoms with E-state index in [0.717, 1.165) is 26.2 Å². The first kappa shape index (κ1) is 12.0. The first-order valence-electron chi connectivity index (χ1n) is 5.19. The molecule has 0 bridgehead atoms. The second-order valence-electron chi connectivity index (χ2n) is 4.00. The summed E-state index contributed by atoms with van der Waals surface area (Å²) in [4.78, 5) is 15.7. The first-order chi connectivity index (χ1) is 7.15. The van der Waals surface area contributed by atoms with Crippen molar-refractivity contribution in [2.24, 2.45) is 0 Å². The van der Waals surface area contributed by atoms with E-state index < -0.39 is 0 Å². The molecule has 0 aromatic rings. The number of carbonyl (C=O) groups excluding carboxylic acids is 1. The number of piperazine rings is 1. The van der Waals surface area contributed by atoms with Crippen LogP contribution in [0, 0.1) is 11.3 Å². The maximum Gasteiger partial charge on any atom is 0.240 e. The van der Waals surface area contributed by atoms with Crippen LogP contribution >= 0.6 is 0 Å². The second-order valence-corrected chi connectivity index (χ2v) is 4.00. The standard InChI is InChI=1S/C10H18N4O/c1-13(2)7-8-14-6-5-12-9(3-4-11)10(14)15/h9,12H,3,5-8H2,1-2H3. The second kappa shape index (κ2) is 5.69. The molecule has 1 atom stereocenters. The van der Waals surface area contributed by atoms with E-state index in [-0.39, 0.29) is 18.4 Å². The van der Waals surface area contributed by atoms with E-state index in [4.69, 9.17) is 5.26 Å².